The van der Waals surface area contributed by atoms with Crippen LogP contribution in [0, 0.1) is 5.82 Å². The molecule has 0 fully saturated rings. The lowest BCUT2D eigenvalue weighted by atomic mass is 10.2. The van der Waals surface area contributed by atoms with E-state index < -0.39 is 0 Å². The Kier molecular flexibility index (Phi) is 4.92. The molecule has 0 aromatic heterocycles. The summed E-state index contributed by atoms with van der Waals surface area (Å²) in [6.45, 7) is 2.63. The van der Waals surface area contributed by atoms with Crippen LogP contribution in [0.5, 0.6) is 0 Å². The van der Waals surface area contributed by atoms with Gasteiger partial charge in [0.15, 0.2) is 0 Å². The number of carbonyl (C=O) groups is 1. The summed E-state index contributed by atoms with van der Waals surface area (Å²) < 4.78 is 18.3. The van der Waals surface area contributed by atoms with E-state index in [1.807, 2.05) is 6.92 Å². The minimum Gasteiger partial charge on any atom is -0.372 e. The summed E-state index contributed by atoms with van der Waals surface area (Å²) in [6, 6.07) is 6.43. The highest BCUT2D eigenvalue weighted by molar-refractivity contribution is 5.77. The van der Waals surface area contributed by atoms with Crippen molar-refractivity contribution in [1.82, 2.24) is 4.90 Å². The van der Waals surface area contributed by atoms with Crippen LogP contribution >= 0.6 is 0 Å². The Labute approximate surface area is 94.8 Å². The van der Waals surface area contributed by atoms with Gasteiger partial charge in [0.25, 0.3) is 0 Å². The van der Waals surface area contributed by atoms with Crippen molar-refractivity contribution in [3.63, 3.8) is 0 Å². The number of nitrogens with zero attached hydrogens (tertiary/aromatic N) is 1. The highest BCUT2D eigenvalue weighted by atomic mass is 19.1. The van der Waals surface area contributed by atoms with Gasteiger partial charge < -0.3 is 9.64 Å². The number of halogens is 1. The maximum Gasteiger partial charge on any atom is 0.248 e. The second-order valence-electron chi connectivity index (χ2n) is 3.48. The minimum atomic E-state index is -0.293. The van der Waals surface area contributed by atoms with Crippen molar-refractivity contribution in [2.45, 2.75) is 13.5 Å². The largest absolute Gasteiger partial charge is 0.372 e. The number of hydrogen-bond acceptors (Lipinski definition) is 2. The van der Waals surface area contributed by atoms with E-state index in [1.165, 1.54) is 11.0 Å². The van der Waals surface area contributed by atoms with E-state index >= 15 is 0 Å². The Morgan fingerprint density at radius 1 is 1.44 bits per heavy atom. The fraction of sp³-hybridized carbons (Fsp3) is 0.417. The Hall–Kier alpha value is -1.42. The molecule has 1 amide bonds. The summed E-state index contributed by atoms with van der Waals surface area (Å²) >= 11 is 0. The van der Waals surface area contributed by atoms with Gasteiger partial charge >= 0.3 is 0 Å². The molecule has 16 heavy (non-hydrogen) atoms. The van der Waals surface area contributed by atoms with E-state index in [0.717, 1.165) is 0 Å². The van der Waals surface area contributed by atoms with Gasteiger partial charge in [-0.3, -0.25) is 4.79 Å². The Balaban J connectivity index is 2.54. The van der Waals surface area contributed by atoms with Crippen LogP contribution in [-0.2, 0) is 16.1 Å². The summed E-state index contributed by atoms with van der Waals surface area (Å²) in [5.74, 6) is -0.441. The lowest BCUT2D eigenvalue weighted by Gasteiger charge is -2.17. The van der Waals surface area contributed by atoms with Crippen LogP contribution < -0.4 is 0 Å². The molecule has 0 aliphatic carbocycles. The molecule has 1 aromatic rings. The fourth-order valence-corrected chi connectivity index (χ4v) is 1.27. The summed E-state index contributed by atoms with van der Waals surface area (Å²) in [5, 5.41) is 0. The lowest BCUT2D eigenvalue weighted by molar-refractivity contribution is -0.135. The van der Waals surface area contributed by atoms with Gasteiger partial charge in [-0.05, 0) is 13.0 Å². The van der Waals surface area contributed by atoms with E-state index in [-0.39, 0.29) is 24.9 Å². The number of likely N-dealkylation sites (N-methyl/N-ethyl adjacent to an activating group) is 1. The molecule has 0 saturated carbocycles. The van der Waals surface area contributed by atoms with Gasteiger partial charge in [-0.15, -0.1) is 0 Å². The molecule has 0 radical (unpaired) electrons. The third-order valence-electron chi connectivity index (χ3n) is 2.22. The minimum absolute atomic E-state index is 0.0431. The van der Waals surface area contributed by atoms with Crippen molar-refractivity contribution in [2.75, 3.05) is 20.3 Å². The molecule has 0 aliphatic rings. The van der Waals surface area contributed by atoms with Gasteiger partial charge in [-0.2, -0.15) is 0 Å². The second-order valence-corrected chi connectivity index (χ2v) is 3.48. The predicted octanol–water partition coefficient (Wildman–Crippen LogP) is 1.82. The maximum absolute atomic E-state index is 13.3. The molecule has 1 aromatic carbocycles. The van der Waals surface area contributed by atoms with Crippen LogP contribution in [0.4, 0.5) is 4.39 Å². The summed E-state index contributed by atoms with van der Waals surface area (Å²) in [5.41, 5.74) is 0.509. The summed E-state index contributed by atoms with van der Waals surface area (Å²) in [7, 11) is 1.63. The predicted molar refractivity (Wildman–Crippen MR) is 59.4 cm³/mol. The van der Waals surface area contributed by atoms with Gasteiger partial charge in [-0.1, -0.05) is 18.2 Å². The standard InChI is InChI=1S/C12H16FNO2/c1-3-16-9-12(15)14(2)8-10-6-4-5-7-11(10)13/h4-7H,3,8-9H2,1-2H3. The van der Waals surface area contributed by atoms with Gasteiger partial charge in [0, 0.05) is 25.8 Å². The summed E-state index contributed by atoms with van der Waals surface area (Å²) in [4.78, 5) is 12.9. The molecule has 4 heteroatoms. The highest BCUT2D eigenvalue weighted by Gasteiger charge is 2.10. The first-order valence-electron chi connectivity index (χ1n) is 5.20. The zero-order chi connectivity index (χ0) is 12.0. The van der Waals surface area contributed by atoms with Crippen LogP contribution in [0.1, 0.15) is 12.5 Å². The van der Waals surface area contributed by atoms with Crippen LogP contribution in [0.15, 0.2) is 24.3 Å². The van der Waals surface area contributed by atoms with Crippen LogP contribution in [0.25, 0.3) is 0 Å². The molecular formula is C12H16FNO2. The third-order valence-corrected chi connectivity index (χ3v) is 2.22. The average Bonchev–Trinajstić information content (AvgIpc) is 2.28. The van der Waals surface area contributed by atoms with Crippen molar-refractivity contribution >= 4 is 5.91 Å². The zero-order valence-electron chi connectivity index (χ0n) is 9.57. The van der Waals surface area contributed by atoms with Crippen LogP contribution in [0.2, 0.25) is 0 Å². The molecule has 0 atom stereocenters. The Morgan fingerprint density at radius 3 is 2.75 bits per heavy atom. The van der Waals surface area contributed by atoms with Crippen molar-refractivity contribution in [1.29, 1.82) is 0 Å². The van der Waals surface area contributed by atoms with Crippen LogP contribution in [0.3, 0.4) is 0 Å². The molecule has 3 nitrogen and oxygen atoms in total. The van der Waals surface area contributed by atoms with E-state index in [9.17, 15) is 9.18 Å². The first-order valence-corrected chi connectivity index (χ1v) is 5.20. The molecule has 88 valence electrons. The van der Waals surface area contributed by atoms with E-state index in [2.05, 4.69) is 0 Å². The zero-order valence-corrected chi connectivity index (χ0v) is 9.57. The molecule has 0 heterocycles. The smallest absolute Gasteiger partial charge is 0.248 e. The van der Waals surface area contributed by atoms with Gasteiger partial charge in [-0.25, -0.2) is 4.39 Å². The second kappa shape index (κ2) is 6.23. The molecule has 0 unspecified atom stereocenters. The number of rotatable bonds is 5. The van der Waals surface area contributed by atoms with Gasteiger partial charge in [0.05, 0.1) is 0 Å². The normalized spacial score (nSPS) is 10.2. The van der Waals surface area contributed by atoms with Crippen LogP contribution in [-0.4, -0.2) is 31.1 Å². The first-order chi connectivity index (χ1) is 7.65. The Bertz CT molecular complexity index is 355. The van der Waals surface area contributed by atoms with E-state index in [0.29, 0.717) is 12.2 Å². The number of amides is 1. The first kappa shape index (κ1) is 12.6. The molecular weight excluding hydrogens is 209 g/mol. The number of benzene rings is 1. The topological polar surface area (TPSA) is 29.5 Å². The number of ether oxygens (including phenoxy) is 1. The average molecular weight is 225 g/mol. The molecule has 0 saturated heterocycles. The molecule has 0 bridgehead atoms. The quantitative estimate of drug-likeness (QED) is 0.765. The number of hydrogen-bond donors (Lipinski definition) is 0. The fourth-order valence-electron chi connectivity index (χ4n) is 1.27. The molecule has 0 spiro atoms. The van der Waals surface area contributed by atoms with E-state index in [1.54, 1.807) is 25.2 Å². The van der Waals surface area contributed by atoms with Gasteiger partial charge in [0.1, 0.15) is 12.4 Å². The molecule has 1 rings (SSSR count). The Morgan fingerprint density at radius 2 is 2.12 bits per heavy atom. The summed E-state index contributed by atoms with van der Waals surface area (Å²) in [6.07, 6.45) is 0. The molecule has 0 N–H and O–H groups in total. The SMILES string of the molecule is CCOCC(=O)N(C)Cc1ccccc1F. The monoisotopic (exact) mass is 225 g/mol. The highest BCUT2D eigenvalue weighted by Crippen LogP contribution is 2.08. The maximum atomic E-state index is 13.3. The third kappa shape index (κ3) is 3.62. The van der Waals surface area contributed by atoms with Crippen molar-refractivity contribution in [2.24, 2.45) is 0 Å². The molecule has 0 aliphatic heterocycles. The number of carbonyl (C=O) groups excluding carboxylic acids is 1. The van der Waals surface area contributed by atoms with Crippen molar-refractivity contribution in [3.8, 4) is 0 Å². The van der Waals surface area contributed by atoms with Crippen molar-refractivity contribution in [3.05, 3.63) is 35.6 Å². The van der Waals surface area contributed by atoms with Gasteiger partial charge in [0.2, 0.25) is 5.91 Å². The lowest BCUT2D eigenvalue weighted by Crippen LogP contribution is -2.30. The van der Waals surface area contributed by atoms with E-state index in [4.69, 9.17) is 4.74 Å². The van der Waals surface area contributed by atoms with Crippen molar-refractivity contribution < 1.29 is 13.9 Å².